The molecule has 0 unspecified atom stereocenters. The summed E-state index contributed by atoms with van der Waals surface area (Å²) in [5.41, 5.74) is 0.987. The summed E-state index contributed by atoms with van der Waals surface area (Å²) in [6.07, 6.45) is -1.13. The second-order valence-corrected chi connectivity index (χ2v) is 10.1. The average molecular weight is 507 g/mol. The average Bonchev–Trinajstić information content (AvgIpc) is 3.34. The van der Waals surface area contributed by atoms with Crippen molar-refractivity contribution in [2.45, 2.75) is 71.0 Å². The first-order valence-corrected chi connectivity index (χ1v) is 12.0. The van der Waals surface area contributed by atoms with E-state index in [9.17, 15) is 18.4 Å². The molecule has 0 radical (unpaired) electrons. The molecule has 1 amide bonds. The number of carbonyl (C=O) groups excluding carboxylic acids is 2. The molecule has 196 valence electrons. The molecule has 0 saturated carbocycles. The van der Waals surface area contributed by atoms with Gasteiger partial charge in [0.1, 0.15) is 23.3 Å². The summed E-state index contributed by atoms with van der Waals surface area (Å²) in [7, 11) is 1.77. The van der Waals surface area contributed by atoms with Crippen LogP contribution >= 0.6 is 0 Å². The Balaban J connectivity index is 1.52. The van der Waals surface area contributed by atoms with Crippen molar-refractivity contribution in [3.05, 3.63) is 52.6 Å². The molecule has 3 atom stereocenters. The maximum absolute atomic E-state index is 14.6. The number of halogens is 2. The van der Waals surface area contributed by atoms with Crippen LogP contribution in [-0.4, -0.2) is 57.4 Å². The van der Waals surface area contributed by atoms with Crippen LogP contribution in [0, 0.1) is 11.6 Å². The first-order chi connectivity index (χ1) is 17.0. The van der Waals surface area contributed by atoms with Crippen molar-refractivity contribution >= 4 is 12.1 Å². The number of hydrogen-bond acceptors (Lipinski definition) is 7. The minimum Gasteiger partial charge on any atom is -0.460 e. The second-order valence-electron chi connectivity index (χ2n) is 10.1. The van der Waals surface area contributed by atoms with E-state index in [-0.39, 0.29) is 30.6 Å². The third-order valence-electron chi connectivity index (χ3n) is 6.30. The van der Waals surface area contributed by atoms with Crippen LogP contribution in [0.1, 0.15) is 67.8 Å². The number of hydrogen-bond donors (Lipinski definition) is 1. The standard InChI is InChI=1S/C25H32F2N4O5/c1-6-34-23(32)22-28-19-11-31(12-20(19)30(22)5)15-10-18(29-24(33)36-25(2,3)4)21(35-13-15)16-9-14(26)7-8-17(16)27/h7-9,15,18,21H,6,10-13H2,1-5H3,(H,29,33)/t15-,18+,21-/m1/s1. The van der Waals surface area contributed by atoms with Gasteiger partial charge in [0.25, 0.3) is 0 Å². The topological polar surface area (TPSA) is 94.9 Å². The maximum Gasteiger partial charge on any atom is 0.407 e. The summed E-state index contributed by atoms with van der Waals surface area (Å²) in [6, 6.07) is 2.38. The van der Waals surface area contributed by atoms with Crippen LogP contribution in [0.3, 0.4) is 0 Å². The molecule has 0 bridgehead atoms. The van der Waals surface area contributed by atoms with Gasteiger partial charge in [-0.2, -0.15) is 0 Å². The third kappa shape index (κ3) is 5.52. The van der Waals surface area contributed by atoms with Crippen molar-refractivity contribution in [2.24, 2.45) is 7.05 Å². The summed E-state index contributed by atoms with van der Waals surface area (Å²) < 4.78 is 46.8. The highest BCUT2D eigenvalue weighted by Gasteiger charge is 2.40. The van der Waals surface area contributed by atoms with Gasteiger partial charge in [0.05, 0.1) is 30.6 Å². The van der Waals surface area contributed by atoms with Crippen molar-refractivity contribution < 1.29 is 32.6 Å². The number of alkyl carbamates (subject to hydrolysis) is 1. The largest absolute Gasteiger partial charge is 0.460 e. The first kappa shape index (κ1) is 26.0. The zero-order chi connectivity index (χ0) is 26.2. The highest BCUT2D eigenvalue weighted by molar-refractivity contribution is 5.85. The fourth-order valence-electron chi connectivity index (χ4n) is 4.69. The number of amides is 1. The maximum atomic E-state index is 14.6. The molecule has 3 heterocycles. The van der Waals surface area contributed by atoms with Gasteiger partial charge in [-0.3, -0.25) is 4.90 Å². The highest BCUT2D eigenvalue weighted by Crippen LogP contribution is 2.35. The monoisotopic (exact) mass is 506 g/mol. The zero-order valence-electron chi connectivity index (χ0n) is 21.1. The Labute approximate surface area is 208 Å². The van der Waals surface area contributed by atoms with Gasteiger partial charge >= 0.3 is 12.1 Å². The molecule has 4 rings (SSSR count). The van der Waals surface area contributed by atoms with Gasteiger partial charge in [-0.05, 0) is 52.3 Å². The van der Waals surface area contributed by atoms with Gasteiger partial charge in [-0.1, -0.05) is 0 Å². The molecule has 9 nitrogen and oxygen atoms in total. The fourth-order valence-corrected chi connectivity index (χ4v) is 4.69. The van der Waals surface area contributed by atoms with Crippen molar-refractivity contribution in [3.8, 4) is 0 Å². The molecule has 36 heavy (non-hydrogen) atoms. The molecular weight excluding hydrogens is 474 g/mol. The van der Waals surface area contributed by atoms with E-state index in [2.05, 4.69) is 15.2 Å². The van der Waals surface area contributed by atoms with E-state index in [0.29, 0.717) is 19.5 Å². The second kappa shape index (κ2) is 10.1. The number of benzene rings is 1. The SMILES string of the molecule is CCOC(=O)c1nc2c(n1C)CN([C@H]1CO[C@H](c3cc(F)ccc3F)[C@@H](NC(=O)OC(C)(C)C)C1)C2. The molecule has 1 fully saturated rings. The fraction of sp³-hybridized carbons (Fsp3) is 0.560. The Morgan fingerprint density at radius 3 is 2.67 bits per heavy atom. The number of fused-ring (bicyclic) bond motifs is 1. The van der Waals surface area contributed by atoms with Gasteiger partial charge in [-0.25, -0.2) is 23.4 Å². The number of nitrogens with one attached hydrogen (secondary N) is 1. The number of esters is 1. The third-order valence-corrected chi connectivity index (χ3v) is 6.30. The van der Waals surface area contributed by atoms with Gasteiger partial charge in [0.2, 0.25) is 5.82 Å². The van der Waals surface area contributed by atoms with Crippen molar-refractivity contribution in [1.82, 2.24) is 19.8 Å². The Bertz CT molecular complexity index is 1150. The molecule has 2 aromatic rings. The molecule has 2 aliphatic heterocycles. The van der Waals surface area contributed by atoms with Gasteiger partial charge < -0.3 is 24.1 Å². The van der Waals surface area contributed by atoms with Crippen LogP contribution < -0.4 is 5.32 Å². The predicted molar refractivity (Wildman–Crippen MR) is 125 cm³/mol. The normalized spacial score (nSPS) is 22.2. The predicted octanol–water partition coefficient (Wildman–Crippen LogP) is 3.61. The molecule has 11 heteroatoms. The van der Waals surface area contributed by atoms with E-state index in [1.165, 1.54) is 0 Å². The van der Waals surface area contributed by atoms with E-state index in [0.717, 1.165) is 29.6 Å². The van der Waals surface area contributed by atoms with E-state index in [1.54, 1.807) is 39.3 Å². The van der Waals surface area contributed by atoms with Crippen molar-refractivity contribution in [2.75, 3.05) is 13.2 Å². The Hall–Kier alpha value is -3.05. The molecule has 1 N–H and O–H groups in total. The molecule has 2 aliphatic rings. The summed E-state index contributed by atoms with van der Waals surface area (Å²) >= 11 is 0. The van der Waals surface area contributed by atoms with Crippen molar-refractivity contribution in [3.63, 3.8) is 0 Å². The lowest BCUT2D eigenvalue weighted by molar-refractivity contribution is -0.0630. The summed E-state index contributed by atoms with van der Waals surface area (Å²) in [5.74, 6) is -1.41. The molecule has 1 aromatic carbocycles. The lowest BCUT2D eigenvalue weighted by Gasteiger charge is -2.40. The summed E-state index contributed by atoms with van der Waals surface area (Å²) in [6.45, 7) is 8.48. The minimum atomic E-state index is -0.886. The van der Waals surface area contributed by atoms with Crippen LogP contribution in [0.25, 0.3) is 0 Å². The number of imidazole rings is 1. The Kier molecular flexibility index (Phi) is 7.33. The number of nitrogens with zero attached hydrogens (tertiary/aromatic N) is 3. The minimum absolute atomic E-state index is 0.0416. The number of carbonyl (C=O) groups is 2. The van der Waals surface area contributed by atoms with E-state index in [1.807, 2.05) is 0 Å². The molecular formula is C25H32F2N4O5. The first-order valence-electron chi connectivity index (χ1n) is 12.0. The van der Waals surface area contributed by atoms with E-state index < -0.39 is 41.4 Å². The number of ether oxygens (including phenoxy) is 3. The lowest BCUT2D eigenvalue weighted by Crippen LogP contribution is -2.52. The Morgan fingerprint density at radius 2 is 2.00 bits per heavy atom. The van der Waals surface area contributed by atoms with Crippen LogP contribution in [0.15, 0.2) is 18.2 Å². The smallest absolute Gasteiger partial charge is 0.407 e. The number of rotatable bonds is 5. The molecule has 1 aromatic heterocycles. The molecule has 1 saturated heterocycles. The van der Waals surface area contributed by atoms with Crippen LogP contribution in [0.4, 0.5) is 13.6 Å². The van der Waals surface area contributed by atoms with Crippen LogP contribution in [0.2, 0.25) is 0 Å². The quantitative estimate of drug-likeness (QED) is 0.619. The Morgan fingerprint density at radius 1 is 1.25 bits per heavy atom. The van der Waals surface area contributed by atoms with E-state index >= 15 is 0 Å². The molecule has 0 aliphatic carbocycles. The van der Waals surface area contributed by atoms with Crippen LogP contribution in [-0.2, 0) is 34.3 Å². The van der Waals surface area contributed by atoms with Gasteiger partial charge in [0.15, 0.2) is 0 Å². The number of aromatic nitrogens is 2. The highest BCUT2D eigenvalue weighted by atomic mass is 19.1. The summed E-state index contributed by atoms with van der Waals surface area (Å²) in [5, 5.41) is 2.80. The van der Waals surface area contributed by atoms with E-state index in [4.69, 9.17) is 14.2 Å². The van der Waals surface area contributed by atoms with Gasteiger partial charge in [-0.15, -0.1) is 0 Å². The summed E-state index contributed by atoms with van der Waals surface area (Å²) in [4.78, 5) is 31.4. The zero-order valence-corrected chi connectivity index (χ0v) is 21.1. The molecule has 0 spiro atoms. The lowest BCUT2D eigenvalue weighted by atomic mass is 9.92. The van der Waals surface area contributed by atoms with Gasteiger partial charge in [0, 0.05) is 31.7 Å². The van der Waals surface area contributed by atoms with Crippen molar-refractivity contribution in [1.29, 1.82) is 0 Å². The van der Waals surface area contributed by atoms with Crippen LogP contribution in [0.5, 0.6) is 0 Å².